The van der Waals surface area contributed by atoms with E-state index in [-0.39, 0.29) is 0 Å². The van der Waals surface area contributed by atoms with Gasteiger partial charge in [-0.15, -0.1) is 0 Å². The minimum atomic E-state index is -0.549. The van der Waals surface area contributed by atoms with E-state index in [9.17, 15) is 4.79 Å². The van der Waals surface area contributed by atoms with Gasteiger partial charge in [-0.2, -0.15) is 0 Å². The fourth-order valence-electron chi connectivity index (χ4n) is 2.46. The predicted octanol–water partition coefficient (Wildman–Crippen LogP) is 2.28. The number of para-hydroxylation sites is 1. The molecule has 0 saturated carbocycles. The van der Waals surface area contributed by atoms with Gasteiger partial charge in [-0.1, -0.05) is 18.2 Å². The summed E-state index contributed by atoms with van der Waals surface area (Å²) in [6.45, 7) is 7.99. The molecule has 3 rings (SSSR count). The average molecular weight is 271 g/mol. The third-order valence-electron chi connectivity index (χ3n) is 4.38. The first-order valence-corrected chi connectivity index (χ1v) is 6.77. The summed E-state index contributed by atoms with van der Waals surface area (Å²) in [5.74, 6) is 0. The fourth-order valence-corrected chi connectivity index (χ4v) is 2.46. The lowest BCUT2D eigenvalue weighted by Gasteiger charge is -2.32. The molecule has 4 nitrogen and oxygen atoms in total. The maximum Gasteiger partial charge on any atom is 0.512 e. The van der Waals surface area contributed by atoms with Crippen LogP contribution in [0.1, 0.15) is 38.1 Å². The fraction of sp³-hybridized carbons (Fsp3) is 0.400. The number of rotatable bonds is 2. The first kappa shape index (κ1) is 13.4. The molecule has 1 aliphatic rings. The number of nitrogens with one attached hydrogen (secondary N) is 1. The normalized spacial score (nSPS) is 20.5. The molecular weight excluding hydrogens is 253 g/mol. The van der Waals surface area contributed by atoms with Gasteiger partial charge in [0, 0.05) is 16.5 Å². The van der Waals surface area contributed by atoms with Gasteiger partial charge < -0.3 is 14.3 Å². The van der Waals surface area contributed by atoms with E-state index in [1.807, 2.05) is 52.0 Å². The summed E-state index contributed by atoms with van der Waals surface area (Å²) in [6, 6.07) is 7.71. The van der Waals surface area contributed by atoms with Gasteiger partial charge in [0.25, 0.3) is 0 Å². The van der Waals surface area contributed by atoms with Gasteiger partial charge in [0.15, 0.2) is 6.29 Å². The Balaban J connectivity index is 2.10. The molecule has 0 aliphatic carbocycles. The van der Waals surface area contributed by atoms with Crippen molar-refractivity contribution >= 4 is 29.9 Å². The van der Waals surface area contributed by atoms with Crippen LogP contribution >= 0.6 is 0 Å². The van der Waals surface area contributed by atoms with Gasteiger partial charge in [-0.25, -0.2) is 0 Å². The van der Waals surface area contributed by atoms with Crippen molar-refractivity contribution in [3.63, 3.8) is 0 Å². The molecule has 2 aromatic rings. The molecule has 1 saturated heterocycles. The lowest BCUT2D eigenvalue weighted by atomic mass is 9.82. The summed E-state index contributed by atoms with van der Waals surface area (Å²) in [4.78, 5) is 14.7. The van der Waals surface area contributed by atoms with Crippen LogP contribution in [0.25, 0.3) is 10.9 Å². The van der Waals surface area contributed by atoms with E-state index >= 15 is 0 Å². The number of benzene rings is 1. The highest BCUT2D eigenvalue weighted by Crippen LogP contribution is 2.36. The number of fused-ring (bicyclic) bond motifs is 1. The van der Waals surface area contributed by atoms with Crippen LogP contribution in [0.5, 0.6) is 0 Å². The Labute approximate surface area is 118 Å². The zero-order valence-corrected chi connectivity index (χ0v) is 12.2. The van der Waals surface area contributed by atoms with Crippen LogP contribution in [0, 0.1) is 0 Å². The van der Waals surface area contributed by atoms with Gasteiger partial charge in [0.2, 0.25) is 0 Å². The Morgan fingerprint density at radius 3 is 2.30 bits per heavy atom. The quantitative estimate of drug-likeness (QED) is 0.673. The molecular formula is C15H18BNO3. The van der Waals surface area contributed by atoms with Gasteiger partial charge in [0.05, 0.1) is 16.8 Å². The highest BCUT2D eigenvalue weighted by molar-refractivity contribution is 6.63. The van der Waals surface area contributed by atoms with Gasteiger partial charge in [-0.05, 0) is 33.8 Å². The average Bonchev–Trinajstić information content (AvgIpc) is 2.84. The Kier molecular flexibility index (Phi) is 2.82. The van der Waals surface area contributed by atoms with E-state index in [0.717, 1.165) is 17.2 Å². The SMILES string of the molecule is CC1(C)OB(c2[nH]c3ccccc3c2C=O)OC1(C)C. The van der Waals surface area contributed by atoms with E-state index in [0.29, 0.717) is 11.2 Å². The Bertz CT molecular complexity index is 659. The van der Waals surface area contributed by atoms with Gasteiger partial charge in [-0.3, -0.25) is 4.79 Å². The van der Waals surface area contributed by atoms with Crippen molar-refractivity contribution in [3.8, 4) is 0 Å². The minimum absolute atomic E-state index is 0.422. The molecule has 0 atom stereocenters. The zero-order chi connectivity index (χ0) is 14.5. The van der Waals surface area contributed by atoms with Crippen LogP contribution in [-0.2, 0) is 9.31 Å². The monoisotopic (exact) mass is 271 g/mol. The summed E-state index contributed by atoms with van der Waals surface area (Å²) in [5, 5.41) is 0.896. The molecule has 20 heavy (non-hydrogen) atoms. The molecule has 0 spiro atoms. The second-order valence-corrected chi connectivity index (χ2v) is 6.20. The molecule has 1 fully saturated rings. The summed E-state index contributed by atoms with van der Waals surface area (Å²) in [7, 11) is -0.549. The predicted molar refractivity (Wildman–Crippen MR) is 79.4 cm³/mol. The van der Waals surface area contributed by atoms with Gasteiger partial charge >= 0.3 is 7.12 Å². The minimum Gasteiger partial charge on any atom is -0.398 e. The van der Waals surface area contributed by atoms with Crippen LogP contribution in [0.15, 0.2) is 24.3 Å². The lowest BCUT2D eigenvalue weighted by Crippen LogP contribution is -2.41. The Morgan fingerprint density at radius 2 is 1.70 bits per heavy atom. The second-order valence-electron chi connectivity index (χ2n) is 6.20. The number of hydrogen-bond acceptors (Lipinski definition) is 3. The maximum atomic E-state index is 11.5. The van der Waals surface area contributed by atoms with E-state index in [1.54, 1.807) is 0 Å². The summed E-state index contributed by atoms with van der Waals surface area (Å²) in [6.07, 6.45) is 0.860. The number of aromatic nitrogens is 1. The number of aromatic amines is 1. The molecule has 0 radical (unpaired) electrons. The molecule has 5 heteroatoms. The van der Waals surface area contributed by atoms with Gasteiger partial charge in [0.1, 0.15) is 0 Å². The van der Waals surface area contributed by atoms with Crippen LogP contribution in [-0.4, -0.2) is 29.6 Å². The van der Waals surface area contributed by atoms with Crippen molar-refractivity contribution in [2.45, 2.75) is 38.9 Å². The number of aldehydes is 1. The maximum absolute atomic E-state index is 11.5. The van der Waals surface area contributed by atoms with Crippen molar-refractivity contribution in [2.75, 3.05) is 0 Å². The van der Waals surface area contributed by atoms with Crippen LogP contribution in [0.3, 0.4) is 0 Å². The highest BCUT2D eigenvalue weighted by Gasteiger charge is 2.53. The van der Waals surface area contributed by atoms with Crippen LogP contribution in [0.2, 0.25) is 0 Å². The molecule has 1 aliphatic heterocycles. The second kappa shape index (κ2) is 4.20. The molecule has 2 heterocycles. The van der Waals surface area contributed by atoms with Crippen molar-refractivity contribution in [1.29, 1.82) is 0 Å². The Hall–Kier alpha value is -1.59. The molecule has 104 valence electrons. The topological polar surface area (TPSA) is 51.3 Å². The smallest absolute Gasteiger partial charge is 0.398 e. The molecule has 0 amide bonds. The first-order valence-electron chi connectivity index (χ1n) is 6.77. The largest absolute Gasteiger partial charge is 0.512 e. The van der Waals surface area contributed by atoms with E-state index < -0.39 is 18.3 Å². The van der Waals surface area contributed by atoms with Crippen molar-refractivity contribution in [1.82, 2.24) is 4.98 Å². The molecule has 1 aromatic heterocycles. The summed E-state index contributed by atoms with van der Waals surface area (Å²) in [5.41, 5.74) is 1.38. The highest BCUT2D eigenvalue weighted by atomic mass is 16.7. The van der Waals surface area contributed by atoms with E-state index in [4.69, 9.17) is 9.31 Å². The number of carbonyl (C=O) groups excluding carboxylic acids is 1. The third kappa shape index (κ3) is 1.81. The molecule has 0 bridgehead atoms. The van der Waals surface area contributed by atoms with Crippen molar-refractivity contribution in [3.05, 3.63) is 29.8 Å². The Morgan fingerprint density at radius 1 is 1.10 bits per heavy atom. The number of H-pyrrole nitrogens is 1. The standard InChI is InChI=1S/C15H18BNO3/c1-14(2)15(3,4)20-16(19-14)13-11(9-18)10-7-5-6-8-12(10)17-13/h5-9,17H,1-4H3. The summed E-state index contributed by atoms with van der Waals surface area (Å²) < 4.78 is 12.0. The molecule has 0 unspecified atom stereocenters. The lowest BCUT2D eigenvalue weighted by molar-refractivity contribution is 0.00578. The van der Waals surface area contributed by atoms with Crippen LogP contribution in [0.4, 0.5) is 0 Å². The van der Waals surface area contributed by atoms with E-state index in [1.165, 1.54) is 0 Å². The van der Waals surface area contributed by atoms with Crippen molar-refractivity contribution in [2.24, 2.45) is 0 Å². The first-order chi connectivity index (χ1) is 9.36. The van der Waals surface area contributed by atoms with E-state index in [2.05, 4.69) is 4.98 Å². The molecule has 1 N–H and O–H groups in total. The van der Waals surface area contributed by atoms with Crippen molar-refractivity contribution < 1.29 is 14.1 Å². The summed E-state index contributed by atoms with van der Waals surface area (Å²) >= 11 is 0. The number of carbonyl (C=O) groups is 1. The molecule has 1 aromatic carbocycles. The third-order valence-corrected chi connectivity index (χ3v) is 4.38. The number of hydrogen-bond donors (Lipinski definition) is 1. The zero-order valence-electron chi connectivity index (χ0n) is 12.2. The van der Waals surface area contributed by atoms with Crippen LogP contribution < -0.4 is 5.59 Å².